The van der Waals surface area contributed by atoms with Crippen LogP contribution in [0, 0.1) is 5.92 Å². The Labute approximate surface area is 102 Å². The second kappa shape index (κ2) is 5.74. The third-order valence-corrected chi connectivity index (χ3v) is 4.18. The Balaban J connectivity index is 2.16. The van der Waals surface area contributed by atoms with Crippen molar-refractivity contribution in [1.29, 1.82) is 0 Å². The van der Waals surface area contributed by atoms with E-state index < -0.39 is 0 Å². The van der Waals surface area contributed by atoms with Crippen molar-refractivity contribution >= 4 is 11.8 Å². The van der Waals surface area contributed by atoms with Crippen LogP contribution in [0.25, 0.3) is 0 Å². The molecule has 0 bridgehead atoms. The summed E-state index contributed by atoms with van der Waals surface area (Å²) in [4.78, 5) is 0. The second-order valence-electron chi connectivity index (χ2n) is 4.58. The lowest BCUT2D eigenvalue weighted by Crippen LogP contribution is -2.12. The van der Waals surface area contributed by atoms with Crippen molar-refractivity contribution in [3.8, 4) is 0 Å². The van der Waals surface area contributed by atoms with Crippen LogP contribution in [-0.4, -0.2) is 17.1 Å². The fourth-order valence-corrected chi connectivity index (χ4v) is 3.13. The molecule has 0 aromatic heterocycles. The van der Waals surface area contributed by atoms with Crippen molar-refractivity contribution in [2.45, 2.75) is 31.8 Å². The minimum atomic E-state index is -0.245. The molecule has 2 rings (SSSR count). The smallest absolute Gasteiger partial charge is 0.0821 e. The molecular formula is C14H20OS. The summed E-state index contributed by atoms with van der Waals surface area (Å²) < 4.78 is 0. The van der Waals surface area contributed by atoms with Gasteiger partial charge in [0.05, 0.1) is 6.10 Å². The van der Waals surface area contributed by atoms with Crippen LogP contribution >= 0.6 is 11.8 Å². The molecule has 0 heterocycles. The Hall–Kier alpha value is -0.470. The lowest BCUT2D eigenvalue weighted by atomic mass is 9.91. The van der Waals surface area contributed by atoms with Gasteiger partial charge in [0, 0.05) is 0 Å². The largest absolute Gasteiger partial charge is 0.388 e. The van der Waals surface area contributed by atoms with Gasteiger partial charge in [-0.05, 0) is 54.7 Å². The SMILES string of the molecule is CSCCC1CCCc2ccccc2C1O. The third kappa shape index (κ3) is 2.61. The van der Waals surface area contributed by atoms with Crippen LogP contribution in [0.15, 0.2) is 24.3 Å². The van der Waals surface area contributed by atoms with Gasteiger partial charge < -0.3 is 5.11 Å². The second-order valence-corrected chi connectivity index (χ2v) is 5.56. The van der Waals surface area contributed by atoms with Crippen molar-refractivity contribution in [3.05, 3.63) is 35.4 Å². The molecule has 0 saturated heterocycles. The van der Waals surface area contributed by atoms with Gasteiger partial charge in [0.25, 0.3) is 0 Å². The van der Waals surface area contributed by atoms with Gasteiger partial charge in [0.1, 0.15) is 0 Å². The summed E-state index contributed by atoms with van der Waals surface area (Å²) in [5.74, 6) is 1.61. The first-order chi connectivity index (χ1) is 7.83. The molecule has 0 spiro atoms. The number of rotatable bonds is 3. The molecule has 2 atom stereocenters. The number of thioether (sulfide) groups is 1. The summed E-state index contributed by atoms with van der Waals surface area (Å²) in [6.45, 7) is 0. The minimum absolute atomic E-state index is 0.245. The summed E-state index contributed by atoms with van der Waals surface area (Å²) in [5, 5.41) is 10.4. The fraction of sp³-hybridized carbons (Fsp3) is 0.571. The molecule has 0 amide bonds. The highest BCUT2D eigenvalue weighted by Crippen LogP contribution is 2.35. The average Bonchev–Trinajstić information content (AvgIpc) is 2.47. The van der Waals surface area contributed by atoms with Crippen LogP contribution in [0.2, 0.25) is 0 Å². The van der Waals surface area contributed by atoms with Crippen molar-refractivity contribution in [2.75, 3.05) is 12.0 Å². The van der Waals surface area contributed by atoms with Gasteiger partial charge in [-0.3, -0.25) is 0 Å². The lowest BCUT2D eigenvalue weighted by Gasteiger charge is -2.21. The number of hydrogen-bond donors (Lipinski definition) is 1. The number of fused-ring (bicyclic) bond motifs is 1. The van der Waals surface area contributed by atoms with E-state index in [0.717, 1.165) is 25.0 Å². The van der Waals surface area contributed by atoms with Crippen LogP contribution in [0.3, 0.4) is 0 Å². The highest BCUT2D eigenvalue weighted by Gasteiger charge is 2.25. The van der Waals surface area contributed by atoms with E-state index in [2.05, 4.69) is 24.5 Å². The molecule has 1 aromatic rings. The average molecular weight is 236 g/mol. The lowest BCUT2D eigenvalue weighted by molar-refractivity contribution is 0.103. The fourth-order valence-electron chi connectivity index (χ4n) is 2.59. The number of hydrogen-bond acceptors (Lipinski definition) is 2. The normalized spacial score (nSPS) is 24.9. The molecular weight excluding hydrogens is 216 g/mol. The van der Waals surface area contributed by atoms with Gasteiger partial charge in [-0.1, -0.05) is 24.3 Å². The molecule has 16 heavy (non-hydrogen) atoms. The van der Waals surface area contributed by atoms with Crippen LogP contribution in [-0.2, 0) is 6.42 Å². The van der Waals surface area contributed by atoms with Gasteiger partial charge in [0.15, 0.2) is 0 Å². The maximum atomic E-state index is 10.4. The highest BCUT2D eigenvalue weighted by molar-refractivity contribution is 7.98. The molecule has 88 valence electrons. The topological polar surface area (TPSA) is 20.2 Å². The first-order valence-corrected chi connectivity index (χ1v) is 7.47. The van der Waals surface area contributed by atoms with E-state index in [9.17, 15) is 5.11 Å². The summed E-state index contributed by atoms with van der Waals surface area (Å²) in [6, 6.07) is 8.37. The van der Waals surface area contributed by atoms with E-state index in [4.69, 9.17) is 0 Å². The Bertz CT molecular complexity index is 335. The third-order valence-electron chi connectivity index (χ3n) is 3.53. The van der Waals surface area contributed by atoms with Gasteiger partial charge in [-0.15, -0.1) is 0 Å². The number of aliphatic hydroxyl groups is 1. The van der Waals surface area contributed by atoms with E-state index in [1.54, 1.807) is 0 Å². The maximum absolute atomic E-state index is 10.4. The zero-order chi connectivity index (χ0) is 11.4. The number of benzene rings is 1. The van der Waals surface area contributed by atoms with E-state index >= 15 is 0 Å². The van der Waals surface area contributed by atoms with Crippen molar-refractivity contribution in [3.63, 3.8) is 0 Å². The van der Waals surface area contributed by atoms with E-state index in [0.29, 0.717) is 5.92 Å². The Morgan fingerprint density at radius 1 is 1.38 bits per heavy atom. The molecule has 1 N–H and O–H groups in total. The number of aryl methyl sites for hydroxylation is 1. The minimum Gasteiger partial charge on any atom is -0.388 e. The molecule has 1 nitrogen and oxygen atoms in total. The molecule has 0 saturated carbocycles. The van der Waals surface area contributed by atoms with Crippen LogP contribution in [0.1, 0.15) is 36.5 Å². The summed E-state index contributed by atoms with van der Waals surface area (Å²) >= 11 is 1.87. The predicted molar refractivity (Wildman–Crippen MR) is 70.8 cm³/mol. The summed E-state index contributed by atoms with van der Waals surface area (Å²) in [7, 11) is 0. The molecule has 2 heteroatoms. The first kappa shape index (κ1) is 12.0. The Kier molecular flexibility index (Phi) is 4.30. The van der Waals surface area contributed by atoms with E-state index in [-0.39, 0.29) is 6.10 Å². The zero-order valence-electron chi connectivity index (χ0n) is 9.86. The monoisotopic (exact) mass is 236 g/mol. The quantitative estimate of drug-likeness (QED) is 0.811. The van der Waals surface area contributed by atoms with E-state index in [1.807, 2.05) is 17.8 Å². The predicted octanol–water partition coefficient (Wildman–Crippen LogP) is 3.43. The van der Waals surface area contributed by atoms with Gasteiger partial charge in [0.2, 0.25) is 0 Å². The van der Waals surface area contributed by atoms with Crippen LogP contribution < -0.4 is 0 Å². The van der Waals surface area contributed by atoms with Crippen molar-refractivity contribution < 1.29 is 5.11 Å². The Morgan fingerprint density at radius 2 is 2.19 bits per heavy atom. The van der Waals surface area contributed by atoms with Gasteiger partial charge >= 0.3 is 0 Å². The molecule has 1 aliphatic rings. The molecule has 2 unspecified atom stereocenters. The van der Waals surface area contributed by atoms with Crippen LogP contribution in [0.4, 0.5) is 0 Å². The molecule has 0 fully saturated rings. The van der Waals surface area contributed by atoms with Crippen LogP contribution in [0.5, 0.6) is 0 Å². The number of aliphatic hydroxyl groups excluding tert-OH is 1. The standard InChI is InChI=1S/C14H20OS/c1-16-10-9-12-7-4-6-11-5-2-3-8-13(11)14(12)15/h2-3,5,8,12,14-15H,4,6-7,9-10H2,1H3. The summed E-state index contributed by atoms with van der Waals surface area (Å²) in [5.41, 5.74) is 2.52. The molecule has 1 aliphatic carbocycles. The van der Waals surface area contributed by atoms with Crippen molar-refractivity contribution in [1.82, 2.24) is 0 Å². The Morgan fingerprint density at radius 3 is 3.00 bits per heavy atom. The van der Waals surface area contributed by atoms with Gasteiger partial charge in [-0.25, -0.2) is 0 Å². The zero-order valence-corrected chi connectivity index (χ0v) is 10.7. The molecule has 0 aliphatic heterocycles. The molecule has 0 radical (unpaired) electrons. The highest BCUT2D eigenvalue weighted by atomic mass is 32.2. The molecule has 1 aromatic carbocycles. The van der Waals surface area contributed by atoms with E-state index in [1.165, 1.54) is 17.5 Å². The first-order valence-electron chi connectivity index (χ1n) is 6.07. The summed E-state index contributed by atoms with van der Waals surface area (Å²) in [6.07, 6.45) is 6.53. The van der Waals surface area contributed by atoms with Gasteiger partial charge in [-0.2, -0.15) is 11.8 Å². The van der Waals surface area contributed by atoms with Crippen molar-refractivity contribution in [2.24, 2.45) is 5.92 Å². The maximum Gasteiger partial charge on any atom is 0.0821 e.